The molecule has 0 spiro atoms. The minimum Gasteiger partial charge on any atom is -0.462 e. The topological polar surface area (TPSA) is 29.5 Å². The van der Waals surface area contributed by atoms with E-state index in [1.165, 1.54) is 0 Å². The Bertz CT molecular complexity index is 336. The summed E-state index contributed by atoms with van der Waals surface area (Å²) in [6.07, 6.45) is 0. The summed E-state index contributed by atoms with van der Waals surface area (Å²) < 4.78 is 4.90. The molecule has 1 aromatic carbocycles. The van der Waals surface area contributed by atoms with E-state index in [0.29, 0.717) is 23.9 Å². The standard InChI is InChI=1S/C11H15NO2S2/c1-2-14-11(13)9-3-5-10(6-4-9)12(7-15)8-16/h3-6,15-16H,2,7-8H2,1H3. The van der Waals surface area contributed by atoms with Gasteiger partial charge in [-0.3, -0.25) is 0 Å². The summed E-state index contributed by atoms with van der Waals surface area (Å²) in [6.45, 7) is 2.18. The largest absolute Gasteiger partial charge is 0.462 e. The molecule has 5 heteroatoms. The molecule has 0 heterocycles. The highest BCUT2D eigenvalue weighted by atomic mass is 32.1. The molecule has 1 rings (SSSR count). The van der Waals surface area contributed by atoms with Crippen molar-refractivity contribution in [3.05, 3.63) is 29.8 Å². The molecule has 0 amide bonds. The maximum Gasteiger partial charge on any atom is 0.338 e. The SMILES string of the molecule is CCOC(=O)c1ccc(N(CS)CS)cc1. The van der Waals surface area contributed by atoms with Gasteiger partial charge in [-0.05, 0) is 31.2 Å². The van der Waals surface area contributed by atoms with Crippen molar-refractivity contribution < 1.29 is 9.53 Å². The van der Waals surface area contributed by atoms with E-state index in [-0.39, 0.29) is 5.97 Å². The van der Waals surface area contributed by atoms with Crippen molar-refractivity contribution in [3.8, 4) is 0 Å². The van der Waals surface area contributed by atoms with E-state index in [1.807, 2.05) is 17.0 Å². The molecule has 0 saturated heterocycles. The first-order chi connectivity index (χ1) is 7.72. The van der Waals surface area contributed by atoms with Gasteiger partial charge in [0.1, 0.15) is 0 Å². The normalized spacial score (nSPS) is 9.94. The number of carbonyl (C=O) groups is 1. The van der Waals surface area contributed by atoms with Gasteiger partial charge in [0.2, 0.25) is 0 Å². The molecule has 16 heavy (non-hydrogen) atoms. The number of thiol groups is 2. The minimum absolute atomic E-state index is 0.294. The quantitative estimate of drug-likeness (QED) is 0.482. The number of carbonyl (C=O) groups excluding carboxylic acids is 1. The second-order valence-corrected chi connectivity index (χ2v) is 3.66. The Morgan fingerprint density at radius 1 is 1.25 bits per heavy atom. The zero-order chi connectivity index (χ0) is 12.0. The average molecular weight is 257 g/mol. The molecule has 3 nitrogen and oxygen atoms in total. The van der Waals surface area contributed by atoms with Gasteiger partial charge in [-0.1, -0.05) is 0 Å². The smallest absolute Gasteiger partial charge is 0.338 e. The second kappa shape index (κ2) is 6.70. The van der Waals surface area contributed by atoms with Gasteiger partial charge in [-0.25, -0.2) is 4.79 Å². The highest BCUT2D eigenvalue weighted by molar-refractivity contribution is 7.81. The zero-order valence-electron chi connectivity index (χ0n) is 9.09. The van der Waals surface area contributed by atoms with Crippen LogP contribution < -0.4 is 4.90 Å². The molecule has 1 aromatic rings. The number of nitrogens with zero attached hydrogens (tertiary/aromatic N) is 1. The van der Waals surface area contributed by atoms with E-state index in [1.54, 1.807) is 19.1 Å². The van der Waals surface area contributed by atoms with Crippen LogP contribution in [0.3, 0.4) is 0 Å². The Labute approximate surface area is 107 Å². The monoisotopic (exact) mass is 257 g/mol. The summed E-state index contributed by atoms with van der Waals surface area (Å²) in [5.41, 5.74) is 1.54. The summed E-state index contributed by atoms with van der Waals surface area (Å²) in [6, 6.07) is 7.21. The molecule has 0 saturated carbocycles. The third-order valence-corrected chi connectivity index (χ3v) is 2.77. The summed E-state index contributed by atoms with van der Waals surface area (Å²) in [7, 11) is 0. The van der Waals surface area contributed by atoms with Crippen LogP contribution in [0.5, 0.6) is 0 Å². The predicted molar refractivity (Wildman–Crippen MR) is 72.6 cm³/mol. The van der Waals surface area contributed by atoms with E-state index in [4.69, 9.17) is 4.74 Å². The van der Waals surface area contributed by atoms with Crippen LogP contribution >= 0.6 is 25.3 Å². The van der Waals surface area contributed by atoms with Crippen molar-refractivity contribution in [1.82, 2.24) is 0 Å². The number of hydrogen-bond donors (Lipinski definition) is 2. The lowest BCUT2D eigenvalue weighted by Gasteiger charge is -2.19. The first-order valence-corrected chi connectivity index (χ1v) is 6.23. The first-order valence-electron chi connectivity index (χ1n) is 4.96. The van der Waals surface area contributed by atoms with Gasteiger partial charge in [-0.2, -0.15) is 25.3 Å². The lowest BCUT2D eigenvalue weighted by atomic mass is 10.2. The number of hydrogen-bond acceptors (Lipinski definition) is 5. The maximum absolute atomic E-state index is 11.4. The summed E-state index contributed by atoms with van der Waals surface area (Å²) in [5.74, 6) is 0.877. The Morgan fingerprint density at radius 2 is 1.81 bits per heavy atom. The molecule has 0 unspecified atom stereocenters. The molecule has 88 valence electrons. The Morgan fingerprint density at radius 3 is 2.25 bits per heavy atom. The van der Waals surface area contributed by atoms with Crippen LogP contribution in [-0.2, 0) is 4.74 Å². The van der Waals surface area contributed by atoms with Gasteiger partial charge in [0.05, 0.1) is 23.9 Å². The minimum atomic E-state index is -0.294. The Hall–Kier alpha value is -0.810. The van der Waals surface area contributed by atoms with Crippen LogP contribution in [0.1, 0.15) is 17.3 Å². The molecular formula is C11H15NO2S2. The van der Waals surface area contributed by atoms with Crippen LogP contribution in [0, 0.1) is 0 Å². The molecule has 0 aromatic heterocycles. The maximum atomic E-state index is 11.4. The lowest BCUT2D eigenvalue weighted by molar-refractivity contribution is 0.0526. The van der Waals surface area contributed by atoms with E-state index in [2.05, 4.69) is 25.3 Å². The van der Waals surface area contributed by atoms with E-state index in [0.717, 1.165) is 5.69 Å². The molecule has 0 radical (unpaired) electrons. The number of esters is 1. The van der Waals surface area contributed by atoms with Crippen LogP contribution in [0.25, 0.3) is 0 Å². The van der Waals surface area contributed by atoms with Crippen LogP contribution in [0.4, 0.5) is 5.69 Å². The molecule has 0 aliphatic heterocycles. The number of rotatable bonds is 5. The molecular weight excluding hydrogens is 242 g/mol. The fourth-order valence-corrected chi connectivity index (χ4v) is 1.92. The molecule has 0 aliphatic rings. The second-order valence-electron chi connectivity index (χ2n) is 3.09. The fraction of sp³-hybridized carbons (Fsp3) is 0.364. The summed E-state index contributed by atoms with van der Waals surface area (Å²) in [4.78, 5) is 13.4. The summed E-state index contributed by atoms with van der Waals surface area (Å²) >= 11 is 8.38. The van der Waals surface area contributed by atoms with Gasteiger partial charge in [0, 0.05) is 5.69 Å². The number of ether oxygens (including phenoxy) is 1. The van der Waals surface area contributed by atoms with Crippen LogP contribution in [0.15, 0.2) is 24.3 Å². The molecule has 0 bridgehead atoms. The first kappa shape index (κ1) is 13.3. The predicted octanol–water partition coefficient (Wildman–Crippen LogP) is 2.44. The van der Waals surface area contributed by atoms with Gasteiger partial charge >= 0.3 is 5.97 Å². The fourth-order valence-electron chi connectivity index (χ4n) is 1.23. The molecule has 0 fully saturated rings. The van der Waals surface area contributed by atoms with E-state index in [9.17, 15) is 4.79 Å². The van der Waals surface area contributed by atoms with Gasteiger partial charge in [0.25, 0.3) is 0 Å². The number of anilines is 1. The number of benzene rings is 1. The van der Waals surface area contributed by atoms with Crippen molar-refractivity contribution in [2.24, 2.45) is 0 Å². The Kier molecular flexibility index (Phi) is 5.55. The zero-order valence-corrected chi connectivity index (χ0v) is 10.9. The molecule has 0 aliphatic carbocycles. The van der Waals surface area contributed by atoms with Crippen LogP contribution in [0.2, 0.25) is 0 Å². The lowest BCUT2D eigenvalue weighted by Crippen LogP contribution is -2.19. The van der Waals surface area contributed by atoms with Crippen molar-refractivity contribution in [3.63, 3.8) is 0 Å². The highest BCUT2D eigenvalue weighted by Gasteiger charge is 2.07. The van der Waals surface area contributed by atoms with Gasteiger partial charge in [-0.15, -0.1) is 0 Å². The van der Waals surface area contributed by atoms with Crippen molar-refractivity contribution in [2.45, 2.75) is 6.92 Å². The van der Waals surface area contributed by atoms with E-state index >= 15 is 0 Å². The van der Waals surface area contributed by atoms with Crippen LogP contribution in [-0.4, -0.2) is 24.3 Å². The Balaban J connectivity index is 2.78. The summed E-state index contributed by atoms with van der Waals surface area (Å²) in [5, 5.41) is 0. The van der Waals surface area contributed by atoms with Gasteiger partial charge < -0.3 is 9.64 Å². The highest BCUT2D eigenvalue weighted by Crippen LogP contribution is 2.16. The third kappa shape index (κ3) is 3.35. The van der Waals surface area contributed by atoms with Gasteiger partial charge in [0.15, 0.2) is 0 Å². The third-order valence-electron chi connectivity index (χ3n) is 2.09. The van der Waals surface area contributed by atoms with Crippen molar-refractivity contribution in [1.29, 1.82) is 0 Å². The van der Waals surface area contributed by atoms with E-state index < -0.39 is 0 Å². The molecule has 0 N–H and O–H groups in total. The van der Waals surface area contributed by atoms with Crippen molar-refractivity contribution >= 4 is 36.9 Å². The average Bonchev–Trinajstić information content (AvgIpc) is 2.32. The van der Waals surface area contributed by atoms with Crippen molar-refractivity contribution in [2.75, 3.05) is 23.3 Å². The molecule has 0 atom stereocenters.